The summed E-state index contributed by atoms with van der Waals surface area (Å²) in [5.41, 5.74) is -2.63. The summed E-state index contributed by atoms with van der Waals surface area (Å²) in [7, 11) is 7.43. The largest absolute Gasteiger partial charge is 0.457 e. The normalized spacial score (nSPS) is 43.8. The highest BCUT2D eigenvalue weighted by molar-refractivity contribution is 8.78. The van der Waals surface area contributed by atoms with E-state index in [1.807, 2.05) is 0 Å². The topological polar surface area (TPSA) is 140 Å². The molecule has 9 aliphatic heterocycles. The summed E-state index contributed by atoms with van der Waals surface area (Å²) in [5.74, 6) is -4.50. The van der Waals surface area contributed by atoms with E-state index < -0.39 is 102 Å². The average Bonchev–Trinajstić information content (AvgIpc) is 3.75. The number of likely N-dealkylation sites (N-methyl/N-ethyl adjacent to an activating group) is 2. The van der Waals surface area contributed by atoms with Crippen molar-refractivity contribution in [2.24, 2.45) is 5.92 Å². The molecule has 4 amide bonds. The van der Waals surface area contributed by atoms with Crippen LogP contribution in [0, 0.1) is 17.6 Å². The minimum absolute atomic E-state index is 0.0509. The minimum atomic E-state index is -1.98. The number of carbonyl (C=O) groups is 5. The smallest absolute Gasteiger partial charge is 0.309 e. The standard InChI is InChI=1S/C35H31F2N5O7S4/c1-30-26(45)41-21-11-15-7-8-16(36)12-18(15)32(21,23(44)34(41,52-50-30)28(47)39(30)3)33-19-13-17(37)9-10-20(19)38-25(33)42-27(46)31(2)40(4)29(48)35(42,53-51-31)24(33)49-22(43)14-5-6-14/h7-10,12-14,21,23-25,38,44H,5-6,11H2,1-4H3/t21-,23-,24-,25+,30-,31-,32-,33+,34-,35-/m0/s1. The molecule has 9 heterocycles. The molecule has 11 aliphatic rings. The molecule has 2 aromatic carbocycles. The molecule has 0 aromatic heterocycles. The van der Waals surface area contributed by atoms with Crippen LogP contribution in [0.15, 0.2) is 36.4 Å². The van der Waals surface area contributed by atoms with Crippen molar-refractivity contribution in [1.29, 1.82) is 0 Å². The lowest BCUT2D eigenvalue weighted by molar-refractivity contribution is -0.173. The van der Waals surface area contributed by atoms with Crippen LogP contribution in [0.5, 0.6) is 0 Å². The number of ether oxygens (including phenoxy) is 1. The highest BCUT2D eigenvalue weighted by atomic mass is 33.1. The number of rotatable bonds is 3. The van der Waals surface area contributed by atoms with E-state index in [4.69, 9.17) is 4.74 Å². The second kappa shape index (κ2) is 9.60. The highest BCUT2D eigenvalue weighted by Gasteiger charge is 2.93. The predicted molar refractivity (Wildman–Crippen MR) is 192 cm³/mol. The molecule has 2 N–H and O–H groups in total. The number of benzene rings is 2. The second-order valence-corrected chi connectivity index (χ2v) is 21.3. The molecule has 9 fully saturated rings. The van der Waals surface area contributed by atoms with Crippen molar-refractivity contribution >= 4 is 78.5 Å². The Labute approximate surface area is 317 Å². The van der Waals surface area contributed by atoms with E-state index in [0.717, 1.165) is 43.2 Å². The third-order valence-corrected chi connectivity index (χ3v) is 21.1. The van der Waals surface area contributed by atoms with Crippen LogP contribution < -0.4 is 5.32 Å². The van der Waals surface area contributed by atoms with Crippen molar-refractivity contribution < 1.29 is 42.6 Å². The molecule has 18 heteroatoms. The predicted octanol–water partition coefficient (Wildman–Crippen LogP) is 2.74. The van der Waals surface area contributed by atoms with E-state index in [-0.39, 0.29) is 17.5 Å². The van der Waals surface area contributed by atoms with Crippen molar-refractivity contribution in [2.75, 3.05) is 19.4 Å². The van der Waals surface area contributed by atoms with Gasteiger partial charge in [-0.1, -0.05) is 27.7 Å². The van der Waals surface area contributed by atoms with Crippen LogP contribution in [0.3, 0.4) is 0 Å². The lowest BCUT2D eigenvalue weighted by atomic mass is 9.51. The Hall–Kier alpha value is -3.19. The Kier molecular flexibility index (Phi) is 6.01. The number of hydrogen-bond acceptors (Lipinski definition) is 12. The Morgan fingerprint density at radius 3 is 2.06 bits per heavy atom. The van der Waals surface area contributed by atoms with Crippen LogP contribution in [0.25, 0.3) is 0 Å². The summed E-state index contributed by atoms with van der Waals surface area (Å²) in [4.78, 5) is 72.9. The van der Waals surface area contributed by atoms with Crippen LogP contribution in [0.2, 0.25) is 0 Å². The van der Waals surface area contributed by atoms with Crippen molar-refractivity contribution in [3.05, 3.63) is 64.7 Å². The zero-order valence-corrected chi connectivity index (χ0v) is 31.8. The fourth-order valence-corrected chi connectivity index (χ4v) is 18.1. The van der Waals surface area contributed by atoms with Crippen molar-refractivity contribution in [1.82, 2.24) is 19.6 Å². The highest BCUT2D eigenvalue weighted by Crippen LogP contribution is 2.79. The summed E-state index contributed by atoms with van der Waals surface area (Å²) in [6, 6.07) is 6.99. The number of piperazine rings is 2. The molecule has 4 bridgehead atoms. The molecule has 12 nitrogen and oxygen atoms in total. The summed E-state index contributed by atoms with van der Waals surface area (Å²) in [5, 5.41) is 17.0. The van der Waals surface area contributed by atoms with E-state index in [1.165, 1.54) is 64.0 Å². The van der Waals surface area contributed by atoms with Gasteiger partial charge < -0.3 is 29.9 Å². The van der Waals surface area contributed by atoms with Gasteiger partial charge in [0.2, 0.25) is 9.74 Å². The molecule has 53 heavy (non-hydrogen) atoms. The maximum atomic E-state index is 15.9. The zero-order valence-electron chi connectivity index (χ0n) is 28.5. The molecule has 276 valence electrons. The maximum Gasteiger partial charge on any atom is 0.309 e. The molecule has 2 aliphatic carbocycles. The third-order valence-electron chi connectivity index (χ3n) is 13.7. The van der Waals surface area contributed by atoms with Crippen molar-refractivity contribution in [3.8, 4) is 0 Å². The SMILES string of the molecule is CN1C(=O)[C@]23SS[C@@]1(C)C(=O)N2[C@H]1Cc2ccc(F)cc2[C@@]1([C@@]12c4cc(F)ccc4N[C@@H]1N1C(=O)[C@]4(C)SS[C@]1(C(=O)N4C)[C@H]2OC(=O)C1CC1)[C@@H]3O. The number of carbonyl (C=O) groups excluding carboxylic acids is 5. The van der Waals surface area contributed by atoms with Crippen LogP contribution in [0.4, 0.5) is 14.5 Å². The number of halogens is 2. The Morgan fingerprint density at radius 1 is 0.811 bits per heavy atom. The first kappa shape index (κ1) is 33.2. The summed E-state index contributed by atoms with van der Waals surface area (Å²) < 4.78 is 38.5. The van der Waals surface area contributed by atoms with Crippen LogP contribution in [-0.4, -0.2) is 112 Å². The second-order valence-electron chi connectivity index (χ2n) is 15.8. The van der Waals surface area contributed by atoms with E-state index in [2.05, 4.69) is 5.32 Å². The molecular formula is C35H31F2N5O7S4. The molecule has 2 aromatic rings. The first-order valence-corrected chi connectivity index (χ1v) is 21.6. The first-order chi connectivity index (χ1) is 25.1. The van der Waals surface area contributed by atoms with Gasteiger partial charge in [0.1, 0.15) is 23.9 Å². The average molecular weight is 800 g/mol. The first-order valence-electron chi connectivity index (χ1n) is 17.3. The van der Waals surface area contributed by atoms with Crippen LogP contribution in [-0.2, 0) is 46.0 Å². The van der Waals surface area contributed by atoms with Gasteiger partial charge in [-0.15, -0.1) is 0 Å². The Morgan fingerprint density at radius 2 is 1.40 bits per heavy atom. The van der Waals surface area contributed by atoms with Gasteiger partial charge in [0.25, 0.3) is 23.6 Å². The van der Waals surface area contributed by atoms with E-state index in [0.29, 0.717) is 24.1 Å². The number of amides is 4. The summed E-state index contributed by atoms with van der Waals surface area (Å²) >= 11 is 0. The lowest BCUT2D eigenvalue weighted by Crippen LogP contribution is -2.77. The van der Waals surface area contributed by atoms with E-state index >= 15 is 18.4 Å². The number of nitrogens with one attached hydrogen (secondary N) is 1. The molecule has 1 saturated carbocycles. The number of hydrogen-bond donors (Lipinski definition) is 2. The zero-order chi connectivity index (χ0) is 37.2. The molecule has 2 spiro atoms. The molecule has 10 atom stereocenters. The number of fused-ring (bicyclic) bond motifs is 11. The van der Waals surface area contributed by atoms with Gasteiger partial charge in [-0.3, -0.25) is 28.9 Å². The lowest BCUT2D eigenvalue weighted by Gasteiger charge is -2.58. The molecule has 13 rings (SSSR count). The monoisotopic (exact) mass is 799 g/mol. The molecule has 0 radical (unpaired) electrons. The fourth-order valence-electron chi connectivity index (χ4n) is 10.9. The van der Waals surface area contributed by atoms with E-state index in [1.54, 1.807) is 19.9 Å². The molecular weight excluding hydrogens is 769 g/mol. The van der Waals surface area contributed by atoms with Gasteiger partial charge in [0.15, 0.2) is 15.8 Å². The third kappa shape index (κ3) is 3.13. The van der Waals surface area contributed by atoms with Crippen LogP contribution >= 0.6 is 43.2 Å². The number of anilines is 1. The van der Waals surface area contributed by atoms with Gasteiger partial charge >= 0.3 is 5.97 Å². The summed E-state index contributed by atoms with van der Waals surface area (Å²) in [6.45, 7) is 3.27. The Bertz CT molecular complexity index is 2210. The number of aliphatic hydroxyl groups excluding tert-OH is 1. The van der Waals surface area contributed by atoms with Gasteiger partial charge in [-0.05, 0) is 102 Å². The van der Waals surface area contributed by atoms with Crippen molar-refractivity contribution in [3.63, 3.8) is 0 Å². The molecule has 8 saturated heterocycles. The maximum absolute atomic E-state index is 15.9. The minimum Gasteiger partial charge on any atom is -0.457 e. The van der Waals surface area contributed by atoms with Crippen LogP contribution in [0.1, 0.15) is 43.4 Å². The number of aliphatic hydroxyl groups is 1. The van der Waals surface area contributed by atoms with Gasteiger partial charge in [0, 0.05) is 19.8 Å². The van der Waals surface area contributed by atoms with Gasteiger partial charge in [-0.2, -0.15) is 0 Å². The van der Waals surface area contributed by atoms with Gasteiger partial charge in [-0.25, -0.2) is 8.78 Å². The Balaban J connectivity index is 1.31. The quantitative estimate of drug-likeness (QED) is 0.349. The number of esters is 1. The molecule has 0 unspecified atom stereocenters. The van der Waals surface area contributed by atoms with Gasteiger partial charge in [0.05, 0.1) is 22.8 Å². The number of nitrogens with zero attached hydrogens (tertiary/aromatic N) is 4. The van der Waals surface area contributed by atoms with Crippen molar-refractivity contribution in [2.45, 2.75) is 87.8 Å². The fraction of sp³-hybridized carbons (Fsp3) is 0.514. The van der Waals surface area contributed by atoms with E-state index in [9.17, 15) is 19.5 Å². The summed E-state index contributed by atoms with van der Waals surface area (Å²) in [6.07, 6.45) is -3.64.